The maximum absolute atomic E-state index is 12.6. The predicted octanol–water partition coefficient (Wildman–Crippen LogP) is 2.08. The lowest BCUT2D eigenvalue weighted by atomic mass is 10.1. The van der Waals surface area contributed by atoms with E-state index in [0.29, 0.717) is 17.9 Å². The number of nitrogens with zero attached hydrogens (tertiary/aromatic N) is 2. The quantitative estimate of drug-likeness (QED) is 0.576. The van der Waals surface area contributed by atoms with Gasteiger partial charge in [-0.3, -0.25) is 4.79 Å². The van der Waals surface area contributed by atoms with Crippen molar-refractivity contribution in [1.29, 1.82) is 0 Å². The molecule has 1 N–H and O–H groups in total. The minimum Gasteiger partial charge on any atom is -0.462 e. The Hall–Kier alpha value is -2.94. The van der Waals surface area contributed by atoms with E-state index in [0.717, 1.165) is 12.8 Å². The highest BCUT2D eigenvalue weighted by atomic mass is 32.2. The lowest BCUT2D eigenvalue weighted by molar-refractivity contribution is -0.112. The molecule has 1 aromatic carbocycles. The smallest absolute Gasteiger partial charge is 0.338 e. The Labute approximate surface area is 163 Å². The molecule has 0 aliphatic carbocycles. The van der Waals surface area contributed by atoms with Gasteiger partial charge in [0.25, 0.3) is 15.9 Å². The van der Waals surface area contributed by atoms with Gasteiger partial charge in [-0.1, -0.05) is 13.3 Å². The summed E-state index contributed by atoms with van der Waals surface area (Å²) < 4.78 is 32.4. The second-order valence-corrected chi connectivity index (χ2v) is 8.09. The second-order valence-electron chi connectivity index (χ2n) is 6.34. The molecule has 0 bridgehead atoms. The van der Waals surface area contributed by atoms with Crippen LogP contribution in [0.3, 0.4) is 0 Å². The van der Waals surface area contributed by atoms with Crippen molar-refractivity contribution in [2.75, 3.05) is 24.2 Å². The summed E-state index contributed by atoms with van der Waals surface area (Å²) >= 11 is 0. The average Bonchev–Trinajstić information content (AvgIpc) is 2.67. The van der Waals surface area contributed by atoms with Gasteiger partial charge in [0.05, 0.1) is 23.5 Å². The van der Waals surface area contributed by atoms with Crippen LogP contribution < -0.4 is 5.32 Å². The fourth-order valence-electron chi connectivity index (χ4n) is 2.67. The van der Waals surface area contributed by atoms with Crippen LogP contribution in [0.4, 0.5) is 5.69 Å². The van der Waals surface area contributed by atoms with Gasteiger partial charge in [0, 0.05) is 18.4 Å². The maximum atomic E-state index is 12.6. The van der Waals surface area contributed by atoms with Gasteiger partial charge in [-0.05, 0) is 42.8 Å². The van der Waals surface area contributed by atoms with Crippen LogP contribution in [0.2, 0.25) is 0 Å². The number of nitrogens with one attached hydrogen (secondary N) is 1. The molecule has 0 fully saturated rings. The number of amides is 1. The van der Waals surface area contributed by atoms with E-state index in [1.165, 1.54) is 6.08 Å². The summed E-state index contributed by atoms with van der Waals surface area (Å²) in [5.74, 6) is -0.874. The number of unbranched alkanes of at least 4 members (excludes halogenated alkanes) is 1. The molecule has 148 valence electrons. The number of rotatable bonds is 6. The molecule has 3 rings (SSSR count). The lowest BCUT2D eigenvalue weighted by Crippen LogP contribution is -2.40. The highest BCUT2D eigenvalue weighted by molar-refractivity contribution is 7.90. The van der Waals surface area contributed by atoms with Gasteiger partial charge in [0.1, 0.15) is 0 Å². The van der Waals surface area contributed by atoms with Crippen molar-refractivity contribution in [1.82, 2.24) is 4.90 Å². The van der Waals surface area contributed by atoms with Crippen molar-refractivity contribution < 1.29 is 22.7 Å². The van der Waals surface area contributed by atoms with Gasteiger partial charge >= 0.3 is 5.97 Å². The molecule has 8 nitrogen and oxygen atoms in total. The molecule has 0 atom stereocenters. The monoisotopic (exact) mass is 403 g/mol. The number of carbonyl (C=O) groups is 2. The number of sulfonamides is 1. The number of amidine groups is 1. The summed E-state index contributed by atoms with van der Waals surface area (Å²) in [6, 6.07) is 6.30. The lowest BCUT2D eigenvalue weighted by Gasteiger charge is -2.28. The summed E-state index contributed by atoms with van der Waals surface area (Å²) in [6.45, 7) is 2.63. The van der Waals surface area contributed by atoms with E-state index < -0.39 is 21.9 Å². The van der Waals surface area contributed by atoms with Crippen molar-refractivity contribution in [3.05, 3.63) is 53.8 Å². The summed E-state index contributed by atoms with van der Waals surface area (Å²) in [5.41, 5.74) is 1.02. The summed E-state index contributed by atoms with van der Waals surface area (Å²) in [5, 5.41) is 2.69. The topological polar surface area (TPSA) is 105 Å². The van der Waals surface area contributed by atoms with Crippen molar-refractivity contribution in [2.24, 2.45) is 4.40 Å². The van der Waals surface area contributed by atoms with Crippen LogP contribution in [0.15, 0.2) is 52.6 Å². The fourth-order valence-corrected chi connectivity index (χ4v) is 3.66. The van der Waals surface area contributed by atoms with E-state index in [1.54, 1.807) is 41.4 Å². The van der Waals surface area contributed by atoms with Gasteiger partial charge < -0.3 is 15.0 Å². The summed E-state index contributed by atoms with van der Waals surface area (Å²) in [4.78, 5) is 26.2. The molecule has 2 aliphatic rings. The number of carbonyl (C=O) groups excluding carboxylic acids is 2. The predicted molar refractivity (Wildman–Crippen MR) is 105 cm³/mol. The second kappa shape index (κ2) is 8.39. The van der Waals surface area contributed by atoms with Crippen LogP contribution in [0, 0.1) is 0 Å². The number of hydrogen-bond donors (Lipinski definition) is 1. The number of esters is 1. The van der Waals surface area contributed by atoms with Gasteiger partial charge in [-0.2, -0.15) is 0 Å². The highest BCUT2D eigenvalue weighted by Crippen LogP contribution is 2.19. The van der Waals surface area contributed by atoms with Gasteiger partial charge in [-0.25, -0.2) is 13.2 Å². The Balaban J connectivity index is 1.69. The minimum absolute atomic E-state index is 0.0917. The van der Waals surface area contributed by atoms with Crippen LogP contribution >= 0.6 is 0 Å². The SMILES string of the molecule is CCCCOC(=O)c1ccc(NC(=O)C2=CC=CN3CCS(=O)(=O)N=C23)cc1. The molecular formula is C19H21N3O5S. The number of hydrogen-bond acceptors (Lipinski definition) is 6. The molecule has 1 aromatic rings. The zero-order valence-electron chi connectivity index (χ0n) is 15.4. The van der Waals surface area contributed by atoms with E-state index in [2.05, 4.69) is 9.71 Å². The van der Waals surface area contributed by atoms with Crippen LogP contribution in [0.1, 0.15) is 30.1 Å². The standard InChI is InChI=1S/C19H21N3O5S/c1-2-3-12-27-19(24)14-6-8-15(9-7-14)20-18(23)16-5-4-10-22-11-13-28(25,26)21-17(16)22/h4-10H,2-3,11-13H2,1H3,(H,20,23). The summed E-state index contributed by atoms with van der Waals surface area (Å²) in [7, 11) is -3.58. The van der Waals surface area contributed by atoms with Crippen LogP contribution in [-0.2, 0) is 19.6 Å². The number of fused-ring (bicyclic) bond motifs is 1. The Morgan fingerprint density at radius 3 is 2.71 bits per heavy atom. The van der Waals surface area contributed by atoms with E-state index in [4.69, 9.17) is 4.74 Å². The first-order valence-corrected chi connectivity index (χ1v) is 10.6. The number of anilines is 1. The van der Waals surface area contributed by atoms with Crippen LogP contribution in [0.5, 0.6) is 0 Å². The van der Waals surface area contributed by atoms with Crippen molar-refractivity contribution in [3.63, 3.8) is 0 Å². The molecule has 28 heavy (non-hydrogen) atoms. The molecule has 2 aliphatic heterocycles. The Bertz CT molecular complexity index is 962. The largest absolute Gasteiger partial charge is 0.462 e. The van der Waals surface area contributed by atoms with Gasteiger partial charge in [0.15, 0.2) is 5.84 Å². The van der Waals surface area contributed by atoms with E-state index >= 15 is 0 Å². The molecule has 0 aromatic heterocycles. The first kappa shape index (κ1) is 19.8. The van der Waals surface area contributed by atoms with Crippen molar-refractivity contribution in [2.45, 2.75) is 19.8 Å². The third-order valence-corrected chi connectivity index (χ3v) is 5.36. The molecule has 0 saturated carbocycles. The van der Waals surface area contributed by atoms with Crippen LogP contribution in [0.25, 0.3) is 0 Å². The number of ether oxygens (including phenoxy) is 1. The summed E-state index contributed by atoms with van der Waals surface area (Å²) in [6.07, 6.45) is 6.61. The van der Waals surface area contributed by atoms with Crippen molar-refractivity contribution in [3.8, 4) is 0 Å². The van der Waals surface area contributed by atoms with Crippen molar-refractivity contribution >= 4 is 33.4 Å². The van der Waals surface area contributed by atoms with E-state index in [-0.39, 0.29) is 23.7 Å². The normalized spacial score (nSPS) is 17.2. The molecule has 9 heteroatoms. The molecule has 0 unspecified atom stereocenters. The molecule has 0 spiro atoms. The van der Waals surface area contributed by atoms with Gasteiger partial charge in [0.2, 0.25) is 0 Å². The molecule has 0 radical (unpaired) electrons. The third-order valence-electron chi connectivity index (χ3n) is 4.21. The molecule has 0 saturated heterocycles. The fraction of sp³-hybridized carbons (Fsp3) is 0.316. The molecular weight excluding hydrogens is 382 g/mol. The Kier molecular flexibility index (Phi) is 5.93. The highest BCUT2D eigenvalue weighted by Gasteiger charge is 2.29. The average molecular weight is 403 g/mol. The molecule has 2 heterocycles. The zero-order valence-corrected chi connectivity index (χ0v) is 16.2. The zero-order chi connectivity index (χ0) is 20.1. The Morgan fingerprint density at radius 2 is 2.00 bits per heavy atom. The minimum atomic E-state index is -3.58. The van der Waals surface area contributed by atoms with E-state index in [1.807, 2.05) is 6.92 Å². The number of benzene rings is 1. The van der Waals surface area contributed by atoms with Gasteiger partial charge in [-0.15, -0.1) is 4.40 Å². The first-order chi connectivity index (χ1) is 13.4. The van der Waals surface area contributed by atoms with Crippen LogP contribution in [-0.4, -0.2) is 49.9 Å². The molecule has 1 amide bonds. The van der Waals surface area contributed by atoms with E-state index in [9.17, 15) is 18.0 Å². The Morgan fingerprint density at radius 1 is 1.25 bits per heavy atom. The first-order valence-electron chi connectivity index (χ1n) is 8.96. The maximum Gasteiger partial charge on any atom is 0.338 e. The third kappa shape index (κ3) is 4.66. The number of allylic oxidation sites excluding steroid dienone is 2.